The number of rotatable bonds is 15. The molecular formula is C18H38O4S2. The van der Waals surface area contributed by atoms with E-state index in [-0.39, 0.29) is 23.1 Å². The van der Waals surface area contributed by atoms with E-state index in [9.17, 15) is 0 Å². The highest BCUT2D eigenvalue weighted by Gasteiger charge is 2.21. The molecule has 0 fully saturated rings. The molecule has 0 aliphatic rings. The van der Waals surface area contributed by atoms with Crippen LogP contribution in [0.1, 0.15) is 55.4 Å². The van der Waals surface area contributed by atoms with E-state index in [4.69, 9.17) is 18.9 Å². The molecule has 2 atom stereocenters. The van der Waals surface area contributed by atoms with Gasteiger partial charge in [0, 0.05) is 0 Å². The van der Waals surface area contributed by atoms with E-state index < -0.39 is 0 Å². The van der Waals surface area contributed by atoms with Crippen molar-refractivity contribution in [3.05, 3.63) is 0 Å². The van der Waals surface area contributed by atoms with Gasteiger partial charge in [0.2, 0.25) is 0 Å². The minimum atomic E-state index is 0.141. The molecule has 0 saturated heterocycles. The molecule has 0 aliphatic heterocycles. The van der Waals surface area contributed by atoms with Crippen molar-refractivity contribution in [2.75, 3.05) is 26.4 Å². The molecule has 0 aromatic carbocycles. The predicted octanol–water partition coefficient (Wildman–Crippen LogP) is 5.22. The van der Waals surface area contributed by atoms with E-state index in [0.29, 0.717) is 38.3 Å². The van der Waals surface area contributed by atoms with Gasteiger partial charge in [-0.05, 0) is 39.5 Å². The van der Waals surface area contributed by atoms with Crippen molar-refractivity contribution < 1.29 is 18.9 Å². The lowest BCUT2D eigenvalue weighted by atomic mass is 10.2. The van der Waals surface area contributed by atoms with E-state index in [0.717, 1.165) is 0 Å². The van der Waals surface area contributed by atoms with Gasteiger partial charge in [0.25, 0.3) is 0 Å². The van der Waals surface area contributed by atoms with Gasteiger partial charge < -0.3 is 18.9 Å². The SMILES string of the molecule is CC(C)OCCOC(SSC(OCCOC(C)C)C(C)C)C(C)C. The minimum absolute atomic E-state index is 0.141. The van der Waals surface area contributed by atoms with Crippen LogP contribution in [0.25, 0.3) is 0 Å². The molecule has 0 rings (SSSR count). The molecule has 0 heterocycles. The largest absolute Gasteiger partial charge is 0.376 e. The van der Waals surface area contributed by atoms with Crippen molar-refractivity contribution in [1.82, 2.24) is 0 Å². The van der Waals surface area contributed by atoms with Crippen molar-refractivity contribution in [3.63, 3.8) is 0 Å². The maximum Gasteiger partial charge on any atom is 0.115 e. The molecule has 0 aliphatic carbocycles. The van der Waals surface area contributed by atoms with Gasteiger partial charge in [0.05, 0.1) is 38.6 Å². The maximum atomic E-state index is 5.98. The molecule has 0 N–H and O–H groups in total. The van der Waals surface area contributed by atoms with E-state index in [2.05, 4.69) is 27.7 Å². The number of ether oxygens (including phenoxy) is 4. The minimum Gasteiger partial charge on any atom is -0.376 e. The van der Waals surface area contributed by atoms with Crippen LogP contribution < -0.4 is 0 Å². The second-order valence-corrected chi connectivity index (χ2v) is 9.47. The Hall–Kier alpha value is 0.540. The van der Waals surface area contributed by atoms with E-state index in [1.54, 1.807) is 21.6 Å². The van der Waals surface area contributed by atoms with Crippen molar-refractivity contribution in [3.8, 4) is 0 Å². The van der Waals surface area contributed by atoms with Gasteiger partial charge in [-0.25, -0.2) is 0 Å². The normalized spacial score (nSPS) is 15.0. The van der Waals surface area contributed by atoms with Gasteiger partial charge in [-0.3, -0.25) is 0 Å². The van der Waals surface area contributed by atoms with Gasteiger partial charge in [-0.1, -0.05) is 49.3 Å². The molecule has 0 amide bonds. The maximum absolute atomic E-state index is 5.98. The zero-order valence-corrected chi connectivity index (χ0v) is 18.4. The van der Waals surface area contributed by atoms with Crippen LogP contribution in [0.3, 0.4) is 0 Å². The molecule has 0 spiro atoms. The molecule has 0 aromatic rings. The summed E-state index contributed by atoms with van der Waals surface area (Å²) < 4.78 is 23.0. The summed E-state index contributed by atoms with van der Waals surface area (Å²) in [6.45, 7) is 19.4. The fraction of sp³-hybridized carbons (Fsp3) is 1.00. The molecule has 6 heteroatoms. The molecule has 0 aromatic heterocycles. The highest BCUT2D eigenvalue weighted by atomic mass is 33.1. The quantitative estimate of drug-likeness (QED) is 0.220. The molecule has 0 radical (unpaired) electrons. The summed E-state index contributed by atoms with van der Waals surface area (Å²) in [5.41, 5.74) is 0.282. The lowest BCUT2D eigenvalue weighted by molar-refractivity contribution is 0.00165. The lowest BCUT2D eigenvalue weighted by Gasteiger charge is -2.25. The molecule has 24 heavy (non-hydrogen) atoms. The topological polar surface area (TPSA) is 36.9 Å². The van der Waals surface area contributed by atoms with Gasteiger partial charge in [0.15, 0.2) is 0 Å². The lowest BCUT2D eigenvalue weighted by Crippen LogP contribution is -2.22. The van der Waals surface area contributed by atoms with E-state index in [1.807, 2.05) is 27.7 Å². The van der Waals surface area contributed by atoms with Crippen LogP contribution in [0.2, 0.25) is 0 Å². The first-order valence-electron chi connectivity index (χ1n) is 9.02. The average Bonchev–Trinajstić information content (AvgIpc) is 2.46. The summed E-state index contributed by atoms with van der Waals surface area (Å²) in [5.74, 6) is 0.886. The Morgan fingerprint density at radius 2 is 0.792 bits per heavy atom. The van der Waals surface area contributed by atoms with Crippen LogP contribution in [0.5, 0.6) is 0 Å². The molecule has 146 valence electrons. The summed E-state index contributed by atoms with van der Waals surface area (Å²) in [7, 11) is 3.52. The highest BCUT2D eigenvalue weighted by Crippen LogP contribution is 2.38. The molecule has 2 unspecified atom stereocenters. The van der Waals surface area contributed by atoms with Gasteiger partial charge in [-0.15, -0.1) is 0 Å². The zero-order valence-electron chi connectivity index (χ0n) is 16.7. The van der Waals surface area contributed by atoms with Crippen LogP contribution >= 0.6 is 21.6 Å². The molecule has 0 bridgehead atoms. The smallest absolute Gasteiger partial charge is 0.115 e. The van der Waals surface area contributed by atoms with Crippen molar-refractivity contribution in [2.45, 2.75) is 78.5 Å². The second kappa shape index (κ2) is 14.7. The number of hydrogen-bond acceptors (Lipinski definition) is 6. The first-order chi connectivity index (χ1) is 11.2. The summed E-state index contributed by atoms with van der Waals surface area (Å²) in [5, 5.41) is 0. The summed E-state index contributed by atoms with van der Waals surface area (Å²) in [6, 6.07) is 0. The molecule has 0 saturated carbocycles. The third-order valence-electron chi connectivity index (χ3n) is 2.97. The summed E-state index contributed by atoms with van der Waals surface area (Å²) >= 11 is 0. The summed E-state index contributed by atoms with van der Waals surface area (Å²) in [4.78, 5) is 0. The van der Waals surface area contributed by atoms with Crippen LogP contribution in [-0.4, -0.2) is 49.5 Å². The predicted molar refractivity (Wildman–Crippen MR) is 107 cm³/mol. The van der Waals surface area contributed by atoms with Crippen LogP contribution in [-0.2, 0) is 18.9 Å². The van der Waals surface area contributed by atoms with Gasteiger partial charge in [-0.2, -0.15) is 0 Å². The van der Waals surface area contributed by atoms with Crippen molar-refractivity contribution in [2.24, 2.45) is 11.8 Å². The Labute approximate surface area is 157 Å². The fourth-order valence-corrected chi connectivity index (χ4v) is 4.96. The number of hydrogen-bond donors (Lipinski definition) is 0. The Kier molecular flexibility index (Phi) is 15.0. The Morgan fingerprint density at radius 1 is 0.500 bits per heavy atom. The zero-order chi connectivity index (χ0) is 18.5. The average molecular weight is 383 g/mol. The standard InChI is InChI=1S/C18H38O4S2/c1-13(2)17(21-11-9-19-15(5)6)23-24-18(14(3)4)22-12-10-20-16(7)8/h13-18H,9-12H2,1-8H3. The van der Waals surface area contributed by atoms with E-state index in [1.165, 1.54) is 0 Å². The monoisotopic (exact) mass is 382 g/mol. The molecular weight excluding hydrogens is 344 g/mol. The third kappa shape index (κ3) is 13.8. The second-order valence-electron chi connectivity index (χ2n) is 7.00. The Morgan fingerprint density at radius 3 is 1.04 bits per heavy atom. The van der Waals surface area contributed by atoms with Crippen molar-refractivity contribution >= 4 is 21.6 Å². The first kappa shape index (κ1) is 24.5. The highest BCUT2D eigenvalue weighted by molar-refractivity contribution is 8.77. The summed E-state index contributed by atoms with van der Waals surface area (Å²) in [6.07, 6.45) is 0.500. The Balaban J connectivity index is 4.15. The fourth-order valence-electron chi connectivity index (χ4n) is 1.67. The third-order valence-corrected chi connectivity index (χ3v) is 6.29. The van der Waals surface area contributed by atoms with E-state index >= 15 is 0 Å². The van der Waals surface area contributed by atoms with Crippen LogP contribution in [0, 0.1) is 11.8 Å². The first-order valence-corrected chi connectivity index (χ1v) is 11.3. The van der Waals surface area contributed by atoms with Crippen LogP contribution in [0.15, 0.2) is 0 Å². The van der Waals surface area contributed by atoms with Gasteiger partial charge in [0.1, 0.15) is 10.9 Å². The van der Waals surface area contributed by atoms with Crippen LogP contribution in [0.4, 0.5) is 0 Å². The van der Waals surface area contributed by atoms with Gasteiger partial charge >= 0.3 is 0 Å². The Bertz CT molecular complexity index is 258. The van der Waals surface area contributed by atoms with Crippen molar-refractivity contribution in [1.29, 1.82) is 0 Å². The molecule has 4 nitrogen and oxygen atoms in total.